The van der Waals surface area contributed by atoms with Gasteiger partial charge in [-0.1, -0.05) is 0 Å². The molecule has 5 heteroatoms. The van der Waals surface area contributed by atoms with Crippen LogP contribution in [0.25, 0.3) is 0 Å². The van der Waals surface area contributed by atoms with Crippen LogP contribution in [0.2, 0.25) is 0 Å². The Morgan fingerprint density at radius 3 is 2.76 bits per heavy atom. The largest absolute Gasteiger partial charge is 0.398 e. The normalized spacial score (nSPS) is 12.6. The van der Waals surface area contributed by atoms with E-state index in [-0.39, 0.29) is 5.82 Å². The summed E-state index contributed by atoms with van der Waals surface area (Å²) in [6, 6.07) is 7.88. The summed E-state index contributed by atoms with van der Waals surface area (Å²) in [6.07, 6.45) is -0.347. The second-order valence-corrected chi connectivity index (χ2v) is 6.25. The van der Waals surface area contributed by atoms with Crippen molar-refractivity contribution in [3.05, 3.63) is 50.4 Å². The van der Waals surface area contributed by atoms with E-state index in [2.05, 4.69) is 15.9 Å². The Morgan fingerprint density at radius 1 is 1.35 bits per heavy atom. The van der Waals surface area contributed by atoms with Crippen LogP contribution >= 0.6 is 27.3 Å². The molecule has 90 valence electrons. The fourth-order valence-corrected chi connectivity index (χ4v) is 3.12. The predicted molar refractivity (Wildman–Crippen MR) is 71.5 cm³/mol. The summed E-state index contributed by atoms with van der Waals surface area (Å²) in [6.45, 7) is 0. The molecule has 2 rings (SSSR count). The Labute approximate surface area is 111 Å². The summed E-state index contributed by atoms with van der Waals surface area (Å²) in [5.74, 6) is -0.388. The minimum Gasteiger partial charge on any atom is -0.398 e. The zero-order valence-electron chi connectivity index (χ0n) is 8.86. The molecule has 0 spiro atoms. The smallest absolute Gasteiger partial charge is 0.123 e. The van der Waals surface area contributed by atoms with E-state index in [4.69, 9.17) is 5.73 Å². The van der Waals surface area contributed by atoms with Crippen molar-refractivity contribution in [2.75, 3.05) is 5.73 Å². The topological polar surface area (TPSA) is 46.2 Å². The van der Waals surface area contributed by atoms with Crippen LogP contribution in [0.4, 0.5) is 10.1 Å². The summed E-state index contributed by atoms with van der Waals surface area (Å²) in [5, 5.41) is 10.0. The van der Waals surface area contributed by atoms with Crippen molar-refractivity contribution >= 4 is 33.0 Å². The molecule has 3 N–H and O–H groups in total. The van der Waals surface area contributed by atoms with Crippen molar-refractivity contribution in [3.63, 3.8) is 0 Å². The number of aliphatic hydroxyl groups is 1. The van der Waals surface area contributed by atoms with Crippen LogP contribution in [0.3, 0.4) is 0 Å². The average molecular weight is 316 g/mol. The van der Waals surface area contributed by atoms with Gasteiger partial charge in [0, 0.05) is 22.5 Å². The third-order valence-corrected chi connectivity index (χ3v) is 4.08. The molecule has 1 unspecified atom stereocenters. The molecule has 0 aliphatic rings. The van der Waals surface area contributed by atoms with E-state index in [1.807, 2.05) is 12.1 Å². The van der Waals surface area contributed by atoms with Crippen LogP contribution < -0.4 is 5.73 Å². The molecule has 0 aliphatic carbocycles. The molecule has 1 aromatic carbocycles. The average Bonchev–Trinajstić information content (AvgIpc) is 2.67. The molecule has 0 fully saturated rings. The van der Waals surface area contributed by atoms with Gasteiger partial charge in [0.1, 0.15) is 5.82 Å². The van der Waals surface area contributed by atoms with E-state index in [0.717, 1.165) is 8.66 Å². The summed E-state index contributed by atoms with van der Waals surface area (Å²) in [7, 11) is 0. The minimum atomic E-state index is -0.781. The first-order valence-corrected chi connectivity index (χ1v) is 6.64. The molecule has 0 bridgehead atoms. The first-order chi connectivity index (χ1) is 8.06. The lowest BCUT2D eigenvalue weighted by molar-refractivity contribution is 0.180. The number of hydrogen-bond donors (Lipinski definition) is 2. The highest BCUT2D eigenvalue weighted by atomic mass is 79.9. The number of rotatable bonds is 3. The Morgan fingerprint density at radius 2 is 2.12 bits per heavy atom. The number of thiophene rings is 1. The van der Waals surface area contributed by atoms with Crippen molar-refractivity contribution in [2.24, 2.45) is 0 Å². The molecule has 1 atom stereocenters. The van der Waals surface area contributed by atoms with Crippen molar-refractivity contribution in [3.8, 4) is 0 Å². The van der Waals surface area contributed by atoms with Crippen LogP contribution in [0.1, 0.15) is 16.5 Å². The molecular formula is C12H11BrFNOS. The third kappa shape index (κ3) is 3.06. The van der Waals surface area contributed by atoms with Gasteiger partial charge in [-0.2, -0.15) is 0 Å². The van der Waals surface area contributed by atoms with Gasteiger partial charge in [-0.05, 0) is 46.3 Å². The maximum Gasteiger partial charge on any atom is 0.123 e. The van der Waals surface area contributed by atoms with E-state index in [0.29, 0.717) is 17.7 Å². The van der Waals surface area contributed by atoms with E-state index >= 15 is 0 Å². The van der Waals surface area contributed by atoms with Crippen LogP contribution in [0, 0.1) is 5.82 Å². The Balaban J connectivity index is 2.19. The van der Waals surface area contributed by atoms with Gasteiger partial charge >= 0.3 is 0 Å². The third-order valence-electron chi connectivity index (χ3n) is 2.43. The van der Waals surface area contributed by atoms with Gasteiger partial charge in [0.05, 0.1) is 9.89 Å². The highest BCUT2D eigenvalue weighted by molar-refractivity contribution is 9.11. The van der Waals surface area contributed by atoms with Crippen LogP contribution in [-0.2, 0) is 6.42 Å². The molecule has 0 amide bonds. The van der Waals surface area contributed by atoms with Crippen LogP contribution in [0.15, 0.2) is 34.1 Å². The molecule has 2 aromatic rings. The van der Waals surface area contributed by atoms with Crippen molar-refractivity contribution in [1.29, 1.82) is 0 Å². The first-order valence-electron chi connectivity index (χ1n) is 5.03. The van der Waals surface area contributed by atoms with Crippen molar-refractivity contribution in [1.82, 2.24) is 0 Å². The summed E-state index contributed by atoms with van der Waals surface area (Å²) in [5.41, 5.74) is 6.57. The first kappa shape index (κ1) is 12.5. The van der Waals surface area contributed by atoms with Crippen LogP contribution in [0.5, 0.6) is 0 Å². The molecule has 0 radical (unpaired) electrons. The van der Waals surface area contributed by atoms with Gasteiger partial charge in [-0.3, -0.25) is 0 Å². The summed E-state index contributed by atoms with van der Waals surface area (Å²) < 4.78 is 14.1. The quantitative estimate of drug-likeness (QED) is 0.851. The zero-order chi connectivity index (χ0) is 12.4. The molecule has 17 heavy (non-hydrogen) atoms. The predicted octanol–water partition coefficient (Wildman–Crippen LogP) is 3.51. The standard InChI is InChI=1S/C12H11BrFNOS/c13-12-4-2-8(17-12)6-11(16)9-5-7(14)1-3-10(9)15/h1-5,11,16H,6,15H2. The van der Waals surface area contributed by atoms with E-state index in [9.17, 15) is 9.50 Å². The monoisotopic (exact) mass is 315 g/mol. The maximum absolute atomic E-state index is 13.1. The molecule has 0 aliphatic heterocycles. The Hall–Kier alpha value is -0.910. The second-order valence-electron chi connectivity index (χ2n) is 3.70. The molecule has 0 saturated carbocycles. The molecule has 0 saturated heterocycles. The number of halogens is 2. The van der Waals surface area contributed by atoms with Gasteiger partial charge in [0.15, 0.2) is 0 Å². The molecule has 1 aromatic heterocycles. The van der Waals surface area contributed by atoms with Gasteiger partial charge in [-0.25, -0.2) is 4.39 Å². The highest BCUT2D eigenvalue weighted by Gasteiger charge is 2.13. The highest BCUT2D eigenvalue weighted by Crippen LogP contribution is 2.29. The Bertz CT molecular complexity index is 529. The lowest BCUT2D eigenvalue weighted by atomic mass is 10.0. The number of hydrogen-bond acceptors (Lipinski definition) is 3. The van der Waals surface area contributed by atoms with Crippen LogP contribution in [-0.4, -0.2) is 5.11 Å². The van der Waals surface area contributed by atoms with Gasteiger partial charge in [-0.15, -0.1) is 11.3 Å². The maximum atomic E-state index is 13.1. The summed E-state index contributed by atoms with van der Waals surface area (Å²) >= 11 is 4.90. The van der Waals surface area contributed by atoms with E-state index in [1.54, 1.807) is 11.3 Å². The second kappa shape index (κ2) is 5.16. The number of aliphatic hydroxyl groups excluding tert-OH is 1. The van der Waals surface area contributed by atoms with Crippen molar-refractivity contribution in [2.45, 2.75) is 12.5 Å². The zero-order valence-corrected chi connectivity index (χ0v) is 11.3. The van der Waals surface area contributed by atoms with Gasteiger partial charge in [0.2, 0.25) is 0 Å². The number of benzene rings is 1. The lowest BCUT2D eigenvalue weighted by Crippen LogP contribution is -2.05. The van der Waals surface area contributed by atoms with E-state index in [1.165, 1.54) is 18.2 Å². The fraction of sp³-hybridized carbons (Fsp3) is 0.167. The van der Waals surface area contributed by atoms with Gasteiger partial charge < -0.3 is 10.8 Å². The Kier molecular flexibility index (Phi) is 3.81. The lowest BCUT2D eigenvalue weighted by Gasteiger charge is -2.12. The number of nitrogen functional groups attached to an aromatic ring is 1. The molecule has 1 heterocycles. The van der Waals surface area contributed by atoms with Crippen molar-refractivity contribution < 1.29 is 9.50 Å². The SMILES string of the molecule is Nc1ccc(F)cc1C(O)Cc1ccc(Br)s1. The molecular weight excluding hydrogens is 305 g/mol. The fourth-order valence-electron chi connectivity index (χ4n) is 1.60. The van der Waals surface area contributed by atoms with Gasteiger partial charge in [0.25, 0.3) is 0 Å². The number of nitrogens with two attached hydrogens (primary N) is 1. The number of anilines is 1. The molecule has 2 nitrogen and oxygen atoms in total. The summed E-state index contributed by atoms with van der Waals surface area (Å²) in [4.78, 5) is 1.02. The van der Waals surface area contributed by atoms with E-state index < -0.39 is 6.10 Å². The minimum absolute atomic E-state index is 0.388.